The van der Waals surface area contributed by atoms with Crippen molar-refractivity contribution in [3.05, 3.63) is 53.1 Å². The molecule has 1 heterocycles. The second-order valence-corrected chi connectivity index (χ2v) is 6.11. The van der Waals surface area contributed by atoms with Gasteiger partial charge in [-0.25, -0.2) is 9.18 Å². The molecule has 0 aliphatic carbocycles. The molecule has 0 aliphatic rings. The van der Waals surface area contributed by atoms with Gasteiger partial charge >= 0.3 is 5.97 Å². The molecule has 0 saturated carbocycles. The van der Waals surface area contributed by atoms with E-state index in [1.807, 2.05) is 0 Å². The van der Waals surface area contributed by atoms with Gasteiger partial charge in [0.2, 0.25) is 0 Å². The number of anilines is 1. The number of benzene rings is 1. The van der Waals surface area contributed by atoms with Gasteiger partial charge in [-0.2, -0.15) is 0 Å². The van der Waals surface area contributed by atoms with Crippen LogP contribution in [0.1, 0.15) is 28.7 Å². The van der Waals surface area contributed by atoms with Crippen molar-refractivity contribution >= 4 is 34.9 Å². The summed E-state index contributed by atoms with van der Waals surface area (Å²) >= 11 is 5.03. The molecule has 0 saturated heterocycles. The van der Waals surface area contributed by atoms with E-state index in [-0.39, 0.29) is 29.9 Å². The molecule has 7 nitrogen and oxygen atoms in total. The van der Waals surface area contributed by atoms with E-state index in [1.165, 1.54) is 12.1 Å². The molecule has 0 radical (unpaired) electrons. The number of rotatable bonds is 5. The van der Waals surface area contributed by atoms with E-state index in [0.717, 1.165) is 5.69 Å². The number of halogens is 1. The van der Waals surface area contributed by atoms with Gasteiger partial charge in [-0.3, -0.25) is 15.6 Å². The fourth-order valence-corrected chi connectivity index (χ4v) is 2.65. The Morgan fingerprint density at radius 2 is 1.93 bits per heavy atom. The lowest BCUT2D eigenvalue weighted by Crippen LogP contribution is -2.45. The second kappa shape index (κ2) is 9.13. The van der Waals surface area contributed by atoms with Gasteiger partial charge in [-0.1, -0.05) is 12.1 Å². The van der Waals surface area contributed by atoms with Crippen molar-refractivity contribution in [3.8, 4) is 0 Å². The summed E-state index contributed by atoms with van der Waals surface area (Å²) in [5.74, 6) is -1.27. The molecule has 1 aromatic heterocycles. The van der Waals surface area contributed by atoms with E-state index in [2.05, 4.69) is 16.2 Å². The first kappa shape index (κ1) is 20.4. The smallest absolute Gasteiger partial charge is 0.339 e. The fourth-order valence-electron chi connectivity index (χ4n) is 2.49. The first-order chi connectivity index (χ1) is 12.8. The van der Waals surface area contributed by atoms with Crippen LogP contribution in [0.5, 0.6) is 0 Å². The van der Waals surface area contributed by atoms with Crippen molar-refractivity contribution in [1.82, 2.24) is 15.4 Å². The van der Waals surface area contributed by atoms with Crippen molar-refractivity contribution in [2.45, 2.75) is 27.3 Å². The first-order valence-electron chi connectivity index (χ1n) is 8.27. The van der Waals surface area contributed by atoms with Crippen LogP contribution in [0.15, 0.2) is 30.3 Å². The molecule has 0 fully saturated rings. The fraction of sp³-hybridized carbons (Fsp3) is 0.278. The van der Waals surface area contributed by atoms with Crippen molar-refractivity contribution in [2.75, 3.05) is 11.9 Å². The van der Waals surface area contributed by atoms with Crippen molar-refractivity contribution in [1.29, 1.82) is 0 Å². The quantitative estimate of drug-likeness (QED) is 0.412. The van der Waals surface area contributed by atoms with Crippen LogP contribution in [0.4, 0.5) is 10.1 Å². The average molecular weight is 392 g/mol. The Bertz CT molecular complexity index is 866. The highest BCUT2D eigenvalue weighted by molar-refractivity contribution is 7.80. The van der Waals surface area contributed by atoms with E-state index in [0.29, 0.717) is 11.3 Å². The van der Waals surface area contributed by atoms with Gasteiger partial charge in [0, 0.05) is 11.4 Å². The number of hydrazine groups is 1. The molecule has 9 heteroatoms. The van der Waals surface area contributed by atoms with Crippen molar-refractivity contribution < 1.29 is 18.7 Å². The van der Waals surface area contributed by atoms with Gasteiger partial charge in [-0.15, -0.1) is 0 Å². The molecular weight excluding hydrogens is 371 g/mol. The molecule has 144 valence electrons. The normalized spacial score (nSPS) is 10.2. The summed E-state index contributed by atoms with van der Waals surface area (Å²) in [6.45, 7) is 5.52. The highest BCUT2D eigenvalue weighted by atomic mass is 32.1. The Balaban J connectivity index is 1.93. The Morgan fingerprint density at radius 3 is 2.59 bits per heavy atom. The number of thiocarbonyl (C=S) groups is 1. The Hall–Kier alpha value is -2.94. The van der Waals surface area contributed by atoms with Gasteiger partial charge in [-0.05, 0) is 51.2 Å². The van der Waals surface area contributed by atoms with Gasteiger partial charge in [0.05, 0.1) is 17.9 Å². The highest BCUT2D eigenvalue weighted by Gasteiger charge is 2.18. The van der Waals surface area contributed by atoms with Gasteiger partial charge in [0.15, 0.2) is 5.11 Å². The zero-order valence-electron chi connectivity index (χ0n) is 15.3. The zero-order chi connectivity index (χ0) is 20.0. The summed E-state index contributed by atoms with van der Waals surface area (Å²) in [6, 6.07) is 7.71. The maximum absolute atomic E-state index is 13.6. The highest BCUT2D eigenvalue weighted by Crippen LogP contribution is 2.16. The second-order valence-electron chi connectivity index (χ2n) is 5.70. The van der Waals surface area contributed by atoms with Crippen LogP contribution < -0.4 is 16.2 Å². The number of para-hydroxylation sites is 1. The number of aromatic nitrogens is 1. The van der Waals surface area contributed by atoms with Crippen LogP contribution in [0.3, 0.4) is 0 Å². The summed E-state index contributed by atoms with van der Waals surface area (Å²) in [7, 11) is 0. The number of esters is 1. The minimum absolute atomic E-state index is 0.0214. The molecule has 2 rings (SSSR count). The minimum Gasteiger partial charge on any atom is -0.462 e. The van der Waals surface area contributed by atoms with Crippen LogP contribution in [0.2, 0.25) is 0 Å². The lowest BCUT2D eigenvalue weighted by atomic mass is 10.2. The van der Waals surface area contributed by atoms with E-state index in [1.54, 1.807) is 43.5 Å². The number of carbonyl (C=O) groups excluding carboxylic acids is 2. The number of hydrogen-bond acceptors (Lipinski definition) is 4. The van der Waals surface area contributed by atoms with Crippen LogP contribution >= 0.6 is 12.2 Å². The lowest BCUT2D eigenvalue weighted by Gasteiger charge is -2.14. The molecule has 1 amide bonds. The standard InChI is InChI=1S/C18H21FN4O3S/c1-4-26-17(25)13-9-11(2)23(12(13)3)10-16(24)21-22-18(27)20-15-8-6-5-7-14(15)19/h5-9H,4,10H2,1-3H3,(H,21,24)(H2,20,22,27). The van der Waals surface area contributed by atoms with E-state index in [9.17, 15) is 14.0 Å². The largest absolute Gasteiger partial charge is 0.462 e. The third kappa shape index (κ3) is 5.27. The summed E-state index contributed by atoms with van der Waals surface area (Å²) in [5, 5.41) is 2.69. The molecular formula is C18H21FN4O3S. The van der Waals surface area contributed by atoms with Crippen molar-refractivity contribution in [2.24, 2.45) is 0 Å². The molecule has 27 heavy (non-hydrogen) atoms. The number of aryl methyl sites for hydroxylation is 1. The maximum atomic E-state index is 13.6. The summed E-state index contributed by atoms with van der Waals surface area (Å²) < 4.78 is 20.3. The molecule has 0 unspecified atom stereocenters. The summed E-state index contributed by atoms with van der Waals surface area (Å²) in [6.07, 6.45) is 0. The molecule has 0 bridgehead atoms. The van der Waals surface area contributed by atoms with Crippen LogP contribution in [0.25, 0.3) is 0 Å². The summed E-state index contributed by atoms with van der Waals surface area (Å²) in [4.78, 5) is 24.1. The first-order valence-corrected chi connectivity index (χ1v) is 8.68. The average Bonchev–Trinajstić information content (AvgIpc) is 2.90. The van der Waals surface area contributed by atoms with E-state index >= 15 is 0 Å². The minimum atomic E-state index is -0.460. The zero-order valence-corrected chi connectivity index (χ0v) is 16.1. The lowest BCUT2D eigenvalue weighted by molar-refractivity contribution is -0.122. The van der Waals surface area contributed by atoms with Crippen LogP contribution in [0, 0.1) is 19.7 Å². The number of amides is 1. The molecule has 0 atom stereocenters. The Labute approximate surface area is 161 Å². The molecule has 2 aromatic rings. The van der Waals surface area contributed by atoms with Gasteiger partial charge in [0.25, 0.3) is 5.91 Å². The number of hydrogen-bond donors (Lipinski definition) is 3. The monoisotopic (exact) mass is 392 g/mol. The third-order valence-electron chi connectivity index (χ3n) is 3.81. The number of ether oxygens (including phenoxy) is 1. The van der Waals surface area contributed by atoms with Gasteiger partial charge < -0.3 is 14.6 Å². The van der Waals surface area contributed by atoms with Crippen molar-refractivity contribution in [3.63, 3.8) is 0 Å². The summed E-state index contributed by atoms with van der Waals surface area (Å²) in [5.41, 5.74) is 6.95. The molecule has 1 aromatic carbocycles. The van der Waals surface area contributed by atoms with Crippen LogP contribution in [-0.4, -0.2) is 28.2 Å². The predicted octanol–water partition coefficient (Wildman–Crippen LogP) is 2.44. The molecule has 3 N–H and O–H groups in total. The topological polar surface area (TPSA) is 84.4 Å². The van der Waals surface area contributed by atoms with E-state index < -0.39 is 11.8 Å². The van der Waals surface area contributed by atoms with E-state index in [4.69, 9.17) is 17.0 Å². The SMILES string of the molecule is CCOC(=O)c1cc(C)n(CC(=O)NNC(=S)Nc2ccccc2F)c1C. The molecule has 0 aliphatic heterocycles. The Kier molecular flexibility index (Phi) is 6.89. The van der Waals surface area contributed by atoms with Crippen LogP contribution in [-0.2, 0) is 16.1 Å². The number of nitrogens with one attached hydrogen (secondary N) is 3. The predicted molar refractivity (Wildman–Crippen MR) is 104 cm³/mol. The van der Waals surface area contributed by atoms with Gasteiger partial charge in [0.1, 0.15) is 12.4 Å². The number of carbonyl (C=O) groups is 2. The third-order valence-corrected chi connectivity index (χ3v) is 4.01. The maximum Gasteiger partial charge on any atom is 0.339 e. The number of nitrogens with zero attached hydrogens (tertiary/aromatic N) is 1. The molecule has 0 spiro atoms. The Morgan fingerprint density at radius 1 is 1.22 bits per heavy atom.